The number of phenols is 1. The second kappa shape index (κ2) is 18.0. The van der Waals surface area contributed by atoms with E-state index >= 15 is 0 Å². The van der Waals surface area contributed by atoms with Crippen molar-refractivity contribution >= 4 is 27.7 Å². The standard InChI is InChI=1S/C33H51N5O7S/c1-8-15-37(16-9-2)33(43)26-19-25(20-28(21-26)46(44,45)36(6)7)32(42)34-29(18-24-11-13-27(39)14-12-24)30(40)22-38(17-10-3)35-31(41)23(4)5/h11-14,19-21,23,29-30,39-40H,8-10,15-18,22H2,1-7H3,(H,34,42)(H,35,41). The summed E-state index contributed by atoms with van der Waals surface area (Å²) in [5, 5.41) is 25.7. The van der Waals surface area contributed by atoms with Crippen LogP contribution in [0.25, 0.3) is 0 Å². The molecule has 0 radical (unpaired) electrons. The van der Waals surface area contributed by atoms with Crippen LogP contribution in [0.5, 0.6) is 5.75 Å². The molecule has 0 saturated heterocycles. The van der Waals surface area contributed by atoms with Crippen molar-refractivity contribution in [3.8, 4) is 5.75 Å². The summed E-state index contributed by atoms with van der Waals surface area (Å²) in [5.74, 6) is -1.50. The topological polar surface area (TPSA) is 160 Å². The first kappa shape index (κ1) is 38.7. The summed E-state index contributed by atoms with van der Waals surface area (Å²) in [6.45, 7) is 10.7. The van der Waals surface area contributed by atoms with Gasteiger partial charge >= 0.3 is 0 Å². The fourth-order valence-corrected chi connectivity index (χ4v) is 5.75. The summed E-state index contributed by atoms with van der Waals surface area (Å²) in [6, 6.07) is 9.33. The van der Waals surface area contributed by atoms with Gasteiger partial charge in [-0.05, 0) is 61.6 Å². The highest BCUT2D eigenvalue weighted by Crippen LogP contribution is 2.21. The second-order valence-corrected chi connectivity index (χ2v) is 14.1. The number of amides is 3. The van der Waals surface area contributed by atoms with Gasteiger partial charge in [0.05, 0.1) is 17.0 Å². The SMILES string of the molecule is CCCN(CC(O)C(Cc1ccc(O)cc1)NC(=O)c1cc(C(=O)N(CCC)CCC)cc(S(=O)(=O)N(C)C)c1)NC(=O)C(C)C. The van der Waals surface area contributed by atoms with Crippen LogP contribution in [-0.4, -0.2) is 103 Å². The Morgan fingerprint density at radius 2 is 1.43 bits per heavy atom. The quantitative estimate of drug-likeness (QED) is 0.178. The molecule has 0 aliphatic carbocycles. The molecule has 2 atom stereocenters. The Morgan fingerprint density at radius 3 is 1.96 bits per heavy atom. The molecule has 0 aliphatic rings. The maximum absolute atomic E-state index is 13.8. The molecule has 0 aliphatic heterocycles. The van der Waals surface area contributed by atoms with Gasteiger partial charge < -0.3 is 20.4 Å². The van der Waals surface area contributed by atoms with Crippen molar-refractivity contribution in [1.29, 1.82) is 0 Å². The summed E-state index contributed by atoms with van der Waals surface area (Å²) < 4.78 is 27.4. The number of nitrogens with zero attached hydrogens (tertiary/aromatic N) is 3. The average molecular weight is 662 g/mol. The molecule has 256 valence electrons. The molecule has 2 rings (SSSR count). The van der Waals surface area contributed by atoms with Crippen molar-refractivity contribution in [2.24, 2.45) is 5.92 Å². The summed E-state index contributed by atoms with van der Waals surface area (Å²) in [7, 11) is -1.28. The van der Waals surface area contributed by atoms with E-state index in [9.17, 15) is 33.0 Å². The van der Waals surface area contributed by atoms with Gasteiger partial charge in [0.2, 0.25) is 15.9 Å². The molecule has 13 heteroatoms. The molecule has 0 bridgehead atoms. The zero-order valence-electron chi connectivity index (χ0n) is 28.1. The highest BCUT2D eigenvalue weighted by Gasteiger charge is 2.28. The van der Waals surface area contributed by atoms with Gasteiger partial charge in [-0.1, -0.05) is 46.8 Å². The van der Waals surface area contributed by atoms with Crippen LogP contribution in [0.2, 0.25) is 0 Å². The number of carbonyl (C=O) groups excluding carboxylic acids is 3. The van der Waals surface area contributed by atoms with Crippen molar-refractivity contribution in [3.63, 3.8) is 0 Å². The van der Waals surface area contributed by atoms with Crippen LogP contribution in [0.4, 0.5) is 0 Å². The Bertz CT molecular complexity index is 1410. The lowest BCUT2D eigenvalue weighted by Crippen LogP contribution is -2.54. The highest BCUT2D eigenvalue weighted by molar-refractivity contribution is 7.89. The summed E-state index contributed by atoms with van der Waals surface area (Å²) >= 11 is 0. The fraction of sp³-hybridized carbons (Fsp3) is 0.545. The number of aliphatic hydroxyl groups excluding tert-OH is 1. The first-order chi connectivity index (χ1) is 21.6. The lowest BCUT2D eigenvalue weighted by molar-refractivity contribution is -0.129. The largest absolute Gasteiger partial charge is 0.508 e. The summed E-state index contributed by atoms with van der Waals surface area (Å²) in [4.78, 5) is 41.3. The molecule has 0 saturated carbocycles. The molecule has 3 amide bonds. The average Bonchev–Trinajstić information content (AvgIpc) is 3.00. The van der Waals surface area contributed by atoms with Gasteiger partial charge in [0.15, 0.2) is 0 Å². The molecular weight excluding hydrogens is 610 g/mol. The monoisotopic (exact) mass is 661 g/mol. The molecular formula is C33H51N5O7S. The van der Waals surface area contributed by atoms with Gasteiger partial charge in [0.1, 0.15) is 5.75 Å². The van der Waals surface area contributed by atoms with Crippen LogP contribution in [0.1, 0.15) is 80.2 Å². The van der Waals surface area contributed by atoms with Crippen molar-refractivity contribution in [2.45, 2.75) is 77.3 Å². The number of hydrogen-bond donors (Lipinski definition) is 4. The number of hydrogen-bond acceptors (Lipinski definition) is 8. The minimum atomic E-state index is -4.01. The third-order valence-corrected chi connectivity index (χ3v) is 9.13. The van der Waals surface area contributed by atoms with E-state index in [1.807, 2.05) is 20.8 Å². The molecule has 0 fully saturated rings. The fourth-order valence-electron chi connectivity index (χ4n) is 4.77. The summed E-state index contributed by atoms with van der Waals surface area (Å²) in [6.07, 6.45) is 1.09. The molecule has 2 aromatic carbocycles. The number of benzene rings is 2. The van der Waals surface area contributed by atoms with Crippen molar-refractivity contribution < 1.29 is 33.0 Å². The van der Waals surface area contributed by atoms with E-state index < -0.39 is 28.1 Å². The number of nitrogens with one attached hydrogen (secondary N) is 2. The van der Waals surface area contributed by atoms with Gasteiger partial charge in [-0.3, -0.25) is 19.8 Å². The van der Waals surface area contributed by atoms with Gasteiger partial charge in [-0.15, -0.1) is 0 Å². The minimum Gasteiger partial charge on any atom is -0.508 e. The molecule has 0 heterocycles. The van der Waals surface area contributed by atoms with E-state index in [-0.39, 0.29) is 52.5 Å². The maximum Gasteiger partial charge on any atom is 0.253 e. The Labute approximate surface area is 273 Å². The van der Waals surface area contributed by atoms with Crippen molar-refractivity contribution in [1.82, 2.24) is 25.0 Å². The molecule has 46 heavy (non-hydrogen) atoms. The van der Waals surface area contributed by atoms with E-state index in [1.165, 1.54) is 44.4 Å². The number of sulfonamides is 1. The van der Waals surface area contributed by atoms with Gasteiger partial charge in [0.25, 0.3) is 11.8 Å². The number of carbonyl (C=O) groups is 3. The van der Waals surface area contributed by atoms with Gasteiger partial charge in [-0.2, -0.15) is 0 Å². The van der Waals surface area contributed by atoms with E-state index in [2.05, 4.69) is 10.7 Å². The van der Waals surface area contributed by atoms with E-state index in [0.29, 0.717) is 44.5 Å². The number of aliphatic hydroxyl groups is 1. The van der Waals surface area contributed by atoms with Crippen LogP contribution >= 0.6 is 0 Å². The lowest BCUT2D eigenvalue weighted by Gasteiger charge is -2.31. The Balaban J connectivity index is 2.54. The molecule has 2 unspecified atom stereocenters. The van der Waals surface area contributed by atoms with Crippen LogP contribution in [-0.2, 0) is 21.2 Å². The zero-order valence-corrected chi connectivity index (χ0v) is 28.9. The van der Waals surface area contributed by atoms with Crippen LogP contribution in [0, 0.1) is 5.92 Å². The first-order valence-electron chi connectivity index (χ1n) is 15.8. The second-order valence-electron chi connectivity index (χ2n) is 11.9. The smallest absolute Gasteiger partial charge is 0.253 e. The number of rotatable bonds is 18. The molecule has 0 spiro atoms. The third-order valence-electron chi connectivity index (χ3n) is 7.34. The maximum atomic E-state index is 13.8. The Morgan fingerprint density at radius 1 is 0.870 bits per heavy atom. The number of hydrazine groups is 1. The summed E-state index contributed by atoms with van der Waals surface area (Å²) in [5.41, 5.74) is 3.54. The minimum absolute atomic E-state index is 0.00287. The third kappa shape index (κ3) is 11.1. The molecule has 0 aromatic heterocycles. The predicted octanol–water partition coefficient (Wildman–Crippen LogP) is 3.01. The highest BCUT2D eigenvalue weighted by atomic mass is 32.2. The first-order valence-corrected chi connectivity index (χ1v) is 17.3. The van der Waals surface area contributed by atoms with Crippen LogP contribution < -0.4 is 10.7 Å². The van der Waals surface area contributed by atoms with E-state index in [1.54, 1.807) is 35.9 Å². The van der Waals surface area contributed by atoms with Gasteiger partial charge in [-0.25, -0.2) is 17.7 Å². The van der Waals surface area contributed by atoms with Crippen LogP contribution in [0.15, 0.2) is 47.4 Å². The van der Waals surface area contributed by atoms with Gasteiger partial charge in [0, 0.05) is 57.3 Å². The lowest BCUT2D eigenvalue weighted by atomic mass is 9.99. The Kier molecular flexibility index (Phi) is 15.1. The zero-order chi connectivity index (χ0) is 34.6. The normalized spacial score (nSPS) is 13.1. The van der Waals surface area contributed by atoms with Crippen LogP contribution in [0.3, 0.4) is 0 Å². The van der Waals surface area contributed by atoms with Crippen molar-refractivity contribution in [3.05, 3.63) is 59.2 Å². The molecule has 2 aromatic rings. The van der Waals surface area contributed by atoms with E-state index in [0.717, 1.165) is 4.31 Å². The molecule has 12 nitrogen and oxygen atoms in total. The predicted molar refractivity (Wildman–Crippen MR) is 178 cm³/mol. The number of aromatic hydroxyl groups is 1. The van der Waals surface area contributed by atoms with Crippen molar-refractivity contribution in [2.75, 3.05) is 40.3 Å². The Hall–Kier alpha value is -3.52. The number of phenolic OH excluding ortho intramolecular Hbond substituents is 1. The molecule has 4 N–H and O–H groups in total. The van der Waals surface area contributed by atoms with E-state index in [4.69, 9.17) is 0 Å².